The predicted molar refractivity (Wildman–Crippen MR) is 138 cm³/mol. The SMILES string of the molecule is CC[C@@H](c1ccc2c(C(F)(F)F)c(O[C@H]3CC[C@@H](C(F)(F)F)CC3)ccc2c1)N1C2CCCC1CC(C(=O)O)C2. The van der Waals surface area contributed by atoms with Gasteiger partial charge in [-0.15, -0.1) is 0 Å². The number of fused-ring (bicyclic) bond motifs is 3. The molecule has 2 saturated heterocycles. The van der Waals surface area contributed by atoms with Crippen molar-refractivity contribution < 1.29 is 41.0 Å². The van der Waals surface area contributed by atoms with E-state index >= 15 is 0 Å². The number of carboxylic acid groups (broad SMARTS) is 1. The Bertz CT molecular complexity index is 1210. The maximum absolute atomic E-state index is 14.3. The Morgan fingerprint density at radius 2 is 1.62 bits per heavy atom. The Kier molecular flexibility index (Phi) is 8.03. The molecule has 40 heavy (non-hydrogen) atoms. The lowest BCUT2D eigenvalue weighted by molar-refractivity contribution is -0.185. The number of hydrogen-bond acceptors (Lipinski definition) is 3. The van der Waals surface area contributed by atoms with Gasteiger partial charge >= 0.3 is 18.3 Å². The first-order valence-electron chi connectivity index (χ1n) is 14.2. The van der Waals surface area contributed by atoms with Crippen molar-refractivity contribution in [2.24, 2.45) is 11.8 Å². The van der Waals surface area contributed by atoms with E-state index in [2.05, 4.69) is 4.90 Å². The largest absolute Gasteiger partial charge is 0.490 e. The number of nitrogens with zero attached hydrogens (tertiary/aromatic N) is 1. The van der Waals surface area contributed by atoms with Crippen LogP contribution in [0.15, 0.2) is 30.3 Å². The van der Waals surface area contributed by atoms with E-state index in [9.17, 15) is 36.2 Å². The number of ether oxygens (including phenoxy) is 1. The fraction of sp³-hybridized carbons (Fsp3) is 0.633. The van der Waals surface area contributed by atoms with Gasteiger partial charge in [0, 0.05) is 18.1 Å². The normalized spacial score (nSPS) is 28.8. The number of carboxylic acids is 1. The lowest BCUT2D eigenvalue weighted by Gasteiger charge is -2.51. The van der Waals surface area contributed by atoms with Crippen LogP contribution in [0.25, 0.3) is 10.8 Å². The number of piperidine rings is 2. The average Bonchev–Trinajstić information content (AvgIpc) is 2.87. The Morgan fingerprint density at radius 3 is 2.17 bits per heavy atom. The Balaban J connectivity index is 1.42. The van der Waals surface area contributed by atoms with Crippen molar-refractivity contribution in [1.82, 2.24) is 4.90 Å². The molecule has 2 aliphatic heterocycles. The number of aliphatic carboxylic acids is 1. The molecular formula is C30H35F6NO3. The molecule has 0 aromatic heterocycles. The Morgan fingerprint density at radius 1 is 0.975 bits per heavy atom. The fourth-order valence-electron chi connectivity index (χ4n) is 7.36. The third-order valence-corrected chi connectivity index (χ3v) is 9.23. The quantitative estimate of drug-likeness (QED) is 0.353. The molecule has 0 amide bonds. The smallest absolute Gasteiger partial charge is 0.420 e. The van der Waals surface area contributed by atoms with Crippen LogP contribution in [0.3, 0.4) is 0 Å². The number of benzene rings is 2. The first-order valence-corrected chi connectivity index (χ1v) is 14.2. The second-order valence-electron chi connectivity index (χ2n) is 11.7. The number of halogens is 6. The van der Waals surface area contributed by atoms with E-state index in [-0.39, 0.29) is 60.9 Å². The molecule has 2 bridgehead atoms. The fourth-order valence-corrected chi connectivity index (χ4v) is 7.36. The summed E-state index contributed by atoms with van der Waals surface area (Å²) in [4.78, 5) is 14.1. The van der Waals surface area contributed by atoms with Crippen molar-refractivity contribution in [3.63, 3.8) is 0 Å². The lowest BCUT2D eigenvalue weighted by atomic mass is 9.76. The third-order valence-electron chi connectivity index (χ3n) is 9.23. The van der Waals surface area contributed by atoms with Crippen molar-refractivity contribution in [1.29, 1.82) is 0 Å². The van der Waals surface area contributed by atoms with Crippen molar-refractivity contribution in [3.8, 4) is 5.75 Å². The summed E-state index contributed by atoms with van der Waals surface area (Å²) in [6.45, 7) is 2.04. The standard InChI is InChI=1S/C30H35F6NO3/c1-2-25(37-21-4-3-5-22(37)16-19(15-21)28(38)39)18-6-12-24-17(14-18)7-13-26(27(24)30(34,35)36)40-23-10-8-20(9-11-23)29(31,32)33/h6-7,12-14,19-23,25H,2-5,8-11,15-16H2,1H3,(H,38,39)/t19?,20-,21?,22?,23+,25-/m0/s1. The van der Waals surface area contributed by atoms with Crippen LogP contribution in [-0.2, 0) is 11.0 Å². The zero-order valence-corrected chi connectivity index (χ0v) is 22.4. The van der Waals surface area contributed by atoms with Gasteiger partial charge in [0.1, 0.15) is 11.3 Å². The maximum Gasteiger partial charge on any atom is 0.420 e. The Hall–Kier alpha value is -2.49. The molecule has 5 rings (SSSR count). The molecule has 1 N–H and O–H groups in total. The summed E-state index contributed by atoms with van der Waals surface area (Å²) in [5, 5.41) is 10.0. The monoisotopic (exact) mass is 571 g/mol. The molecular weight excluding hydrogens is 536 g/mol. The van der Waals surface area contributed by atoms with Gasteiger partial charge in [0.25, 0.3) is 0 Å². The lowest BCUT2D eigenvalue weighted by Crippen LogP contribution is -2.54. The highest BCUT2D eigenvalue weighted by Crippen LogP contribution is 2.46. The second-order valence-corrected chi connectivity index (χ2v) is 11.7. The summed E-state index contributed by atoms with van der Waals surface area (Å²) in [5.41, 5.74) is -0.00498. The molecule has 2 aromatic carbocycles. The van der Waals surface area contributed by atoms with Gasteiger partial charge < -0.3 is 9.84 Å². The first-order chi connectivity index (χ1) is 18.9. The highest BCUT2D eigenvalue weighted by Gasteiger charge is 2.45. The molecule has 220 valence electrons. The number of alkyl halides is 6. The van der Waals surface area contributed by atoms with E-state index in [1.807, 2.05) is 6.92 Å². The highest BCUT2D eigenvalue weighted by atomic mass is 19.4. The molecule has 10 heteroatoms. The van der Waals surface area contributed by atoms with Crippen LogP contribution in [-0.4, -0.2) is 40.3 Å². The number of rotatable bonds is 6. The van der Waals surface area contributed by atoms with Crippen LogP contribution in [0.4, 0.5) is 26.3 Å². The third kappa shape index (κ3) is 5.78. The highest BCUT2D eigenvalue weighted by molar-refractivity contribution is 5.89. The minimum absolute atomic E-state index is 0.00244. The van der Waals surface area contributed by atoms with E-state index in [4.69, 9.17) is 4.74 Å². The van der Waals surface area contributed by atoms with Crippen LogP contribution in [0.1, 0.15) is 88.3 Å². The first kappa shape index (κ1) is 29.0. The predicted octanol–water partition coefficient (Wildman–Crippen LogP) is 8.53. The zero-order chi connectivity index (χ0) is 28.8. The van der Waals surface area contributed by atoms with E-state index < -0.39 is 35.9 Å². The van der Waals surface area contributed by atoms with Gasteiger partial charge in [0.05, 0.1) is 17.9 Å². The maximum atomic E-state index is 14.3. The topological polar surface area (TPSA) is 49.8 Å². The van der Waals surface area contributed by atoms with Gasteiger partial charge in [0.2, 0.25) is 0 Å². The number of hydrogen-bond donors (Lipinski definition) is 1. The van der Waals surface area contributed by atoms with E-state index in [0.717, 1.165) is 31.2 Å². The summed E-state index contributed by atoms with van der Waals surface area (Å²) in [5.74, 6) is -2.91. The van der Waals surface area contributed by atoms with Crippen LogP contribution in [0, 0.1) is 11.8 Å². The van der Waals surface area contributed by atoms with Gasteiger partial charge in [-0.2, -0.15) is 26.3 Å². The molecule has 1 saturated carbocycles. The minimum Gasteiger partial charge on any atom is -0.490 e. The molecule has 3 aliphatic rings. The average molecular weight is 572 g/mol. The van der Waals surface area contributed by atoms with Gasteiger partial charge in [-0.3, -0.25) is 9.69 Å². The number of carbonyl (C=O) groups is 1. The molecule has 0 radical (unpaired) electrons. The summed E-state index contributed by atoms with van der Waals surface area (Å²) in [7, 11) is 0. The van der Waals surface area contributed by atoms with E-state index in [1.54, 1.807) is 18.2 Å². The zero-order valence-electron chi connectivity index (χ0n) is 22.4. The Labute approximate surface area is 229 Å². The van der Waals surface area contributed by atoms with Gasteiger partial charge in [-0.1, -0.05) is 31.5 Å². The molecule has 2 heterocycles. The van der Waals surface area contributed by atoms with Crippen molar-refractivity contribution >= 4 is 16.7 Å². The summed E-state index contributed by atoms with van der Waals surface area (Å²) < 4.78 is 87.8. The van der Waals surface area contributed by atoms with Gasteiger partial charge in [0.15, 0.2) is 0 Å². The van der Waals surface area contributed by atoms with Gasteiger partial charge in [-0.25, -0.2) is 0 Å². The van der Waals surface area contributed by atoms with Crippen LogP contribution < -0.4 is 4.74 Å². The van der Waals surface area contributed by atoms with Crippen molar-refractivity contribution in [3.05, 3.63) is 41.5 Å². The minimum atomic E-state index is -4.71. The molecule has 3 atom stereocenters. The molecule has 3 fully saturated rings. The van der Waals surface area contributed by atoms with Gasteiger partial charge in [-0.05, 0) is 86.3 Å². The van der Waals surface area contributed by atoms with Crippen LogP contribution in [0.2, 0.25) is 0 Å². The van der Waals surface area contributed by atoms with Crippen molar-refractivity contribution in [2.75, 3.05) is 0 Å². The summed E-state index contributed by atoms with van der Waals surface area (Å²) >= 11 is 0. The molecule has 1 aliphatic carbocycles. The summed E-state index contributed by atoms with van der Waals surface area (Å²) in [6, 6.07) is 8.09. The molecule has 2 aromatic rings. The molecule has 4 nitrogen and oxygen atoms in total. The molecule has 0 spiro atoms. The second kappa shape index (κ2) is 11.1. The van der Waals surface area contributed by atoms with E-state index in [1.165, 1.54) is 12.1 Å². The van der Waals surface area contributed by atoms with Crippen molar-refractivity contribution in [2.45, 2.75) is 108 Å². The van der Waals surface area contributed by atoms with E-state index in [0.29, 0.717) is 18.2 Å². The molecule has 2 unspecified atom stereocenters. The van der Waals surface area contributed by atoms with Crippen LogP contribution >= 0.6 is 0 Å². The summed E-state index contributed by atoms with van der Waals surface area (Å²) in [6.07, 6.45) is -5.15. The van der Waals surface area contributed by atoms with Crippen LogP contribution in [0.5, 0.6) is 5.75 Å².